The van der Waals surface area contributed by atoms with Gasteiger partial charge in [-0.3, -0.25) is 19.9 Å². The summed E-state index contributed by atoms with van der Waals surface area (Å²) in [7, 11) is 0. The minimum absolute atomic E-state index is 0.540. The number of fused-ring (bicyclic) bond motifs is 2. The van der Waals surface area contributed by atoms with Gasteiger partial charge in [0.05, 0.1) is 23.4 Å². The summed E-state index contributed by atoms with van der Waals surface area (Å²) < 4.78 is 5.97. The molecule has 172 valence electrons. The Kier molecular flexibility index (Phi) is 5.52. The molecule has 8 nitrogen and oxygen atoms in total. The van der Waals surface area contributed by atoms with Crippen molar-refractivity contribution < 1.29 is 9.53 Å². The van der Waals surface area contributed by atoms with Crippen molar-refractivity contribution in [2.75, 3.05) is 32.7 Å². The molecule has 3 aromatic heterocycles. The van der Waals surface area contributed by atoms with Crippen molar-refractivity contribution in [2.45, 2.75) is 6.54 Å². The van der Waals surface area contributed by atoms with Crippen LogP contribution in [-0.2, 0) is 11.3 Å². The second kappa shape index (κ2) is 8.96. The monoisotopic (exact) mass is 454 g/mol. The van der Waals surface area contributed by atoms with E-state index in [0.717, 1.165) is 72.6 Å². The fraction of sp³-hybridized carbons (Fsp3) is 0.308. The number of H-pyrrole nitrogens is 1. The smallest absolute Gasteiger partial charge is 0.219 e. The highest BCUT2D eigenvalue weighted by Gasteiger charge is 2.39. The van der Waals surface area contributed by atoms with Gasteiger partial charge in [0, 0.05) is 62.1 Å². The molecule has 2 aliphatic heterocycles. The SMILES string of the molecule is O=CCN1CC2CN(Cc3ccc4cc(Oc5ccc(-c6ccn[nH]6)cn5)ccc4n3)CC2C1. The number of nitrogens with one attached hydrogen (secondary N) is 1. The summed E-state index contributed by atoms with van der Waals surface area (Å²) >= 11 is 0. The zero-order valence-corrected chi connectivity index (χ0v) is 18.8. The Morgan fingerprint density at radius 2 is 1.85 bits per heavy atom. The van der Waals surface area contributed by atoms with E-state index in [1.54, 1.807) is 12.4 Å². The summed E-state index contributed by atoms with van der Waals surface area (Å²) in [5, 5.41) is 7.94. The van der Waals surface area contributed by atoms with Crippen LogP contribution in [0.1, 0.15) is 5.69 Å². The fourth-order valence-electron chi connectivity index (χ4n) is 5.23. The Labute approximate surface area is 197 Å². The van der Waals surface area contributed by atoms with Crippen molar-refractivity contribution in [3.05, 3.63) is 66.6 Å². The zero-order valence-electron chi connectivity index (χ0n) is 18.8. The Morgan fingerprint density at radius 3 is 2.59 bits per heavy atom. The van der Waals surface area contributed by atoms with Gasteiger partial charge in [-0.25, -0.2) is 4.98 Å². The lowest BCUT2D eigenvalue weighted by atomic mass is 10.0. The van der Waals surface area contributed by atoms with E-state index in [4.69, 9.17) is 9.72 Å². The van der Waals surface area contributed by atoms with Crippen molar-refractivity contribution in [2.24, 2.45) is 11.8 Å². The molecule has 1 N–H and O–H groups in total. The largest absolute Gasteiger partial charge is 0.439 e. The fourth-order valence-corrected chi connectivity index (χ4v) is 5.23. The van der Waals surface area contributed by atoms with Gasteiger partial charge in [-0.1, -0.05) is 6.07 Å². The third kappa shape index (κ3) is 4.30. The van der Waals surface area contributed by atoms with Crippen LogP contribution in [0.25, 0.3) is 22.2 Å². The maximum absolute atomic E-state index is 10.8. The van der Waals surface area contributed by atoms with Gasteiger partial charge in [-0.15, -0.1) is 0 Å². The molecular weight excluding hydrogens is 428 g/mol. The summed E-state index contributed by atoms with van der Waals surface area (Å²) in [6.45, 7) is 5.67. The Morgan fingerprint density at radius 1 is 1.00 bits per heavy atom. The van der Waals surface area contributed by atoms with Gasteiger partial charge >= 0.3 is 0 Å². The Hall–Kier alpha value is -3.62. The van der Waals surface area contributed by atoms with Crippen molar-refractivity contribution in [1.82, 2.24) is 30.0 Å². The number of hydrogen-bond acceptors (Lipinski definition) is 7. The van der Waals surface area contributed by atoms with E-state index in [2.05, 4.69) is 37.1 Å². The molecule has 2 atom stereocenters. The molecule has 6 rings (SSSR count). The molecule has 0 bridgehead atoms. The molecule has 2 unspecified atom stereocenters. The van der Waals surface area contributed by atoms with Gasteiger partial charge in [-0.2, -0.15) is 5.10 Å². The van der Waals surface area contributed by atoms with E-state index in [1.807, 2.05) is 36.4 Å². The number of carbonyl (C=O) groups excluding carboxylic acids is 1. The third-order valence-corrected chi connectivity index (χ3v) is 6.84. The molecule has 0 spiro atoms. The van der Waals surface area contributed by atoms with Crippen LogP contribution in [-0.4, -0.2) is 69.0 Å². The lowest BCUT2D eigenvalue weighted by Crippen LogP contribution is -2.29. The first-order valence-electron chi connectivity index (χ1n) is 11.7. The summed E-state index contributed by atoms with van der Waals surface area (Å²) in [4.78, 5) is 24.9. The van der Waals surface area contributed by atoms with E-state index in [-0.39, 0.29) is 0 Å². The number of aromatic amines is 1. The lowest BCUT2D eigenvalue weighted by molar-refractivity contribution is -0.108. The van der Waals surface area contributed by atoms with Crippen LogP contribution >= 0.6 is 0 Å². The van der Waals surface area contributed by atoms with E-state index in [9.17, 15) is 4.79 Å². The molecule has 4 aromatic rings. The third-order valence-electron chi connectivity index (χ3n) is 6.84. The Bertz CT molecular complexity index is 1280. The van der Waals surface area contributed by atoms with Crippen LogP contribution in [0.3, 0.4) is 0 Å². The average molecular weight is 455 g/mol. The number of hydrogen-bond donors (Lipinski definition) is 1. The number of pyridine rings is 2. The van der Waals surface area contributed by atoms with Crippen LogP contribution in [0.5, 0.6) is 11.6 Å². The quantitative estimate of drug-likeness (QED) is 0.429. The Balaban J connectivity index is 1.10. The molecule has 2 saturated heterocycles. The van der Waals surface area contributed by atoms with Crippen molar-refractivity contribution in [1.29, 1.82) is 0 Å². The molecule has 0 saturated carbocycles. The molecule has 0 amide bonds. The molecule has 34 heavy (non-hydrogen) atoms. The predicted octanol–water partition coefficient (Wildman–Crippen LogP) is 3.37. The minimum atomic E-state index is 0.540. The molecule has 0 aliphatic carbocycles. The van der Waals surface area contributed by atoms with Gasteiger partial charge in [0.15, 0.2) is 0 Å². The normalized spacial score (nSPS) is 20.6. The number of likely N-dealkylation sites (tertiary alicyclic amines) is 2. The van der Waals surface area contributed by atoms with Gasteiger partial charge in [0.2, 0.25) is 5.88 Å². The maximum Gasteiger partial charge on any atom is 0.219 e. The number of nitrogens with zero attached hydrogens (tertiary/aromatic N) is 5. The summed E-state index contributed by atoms with van der Waals surface area (Å²) in [6, 6.07) is 15.9. The highest BCUT2D eigenvalue weighted by atomic mass is 16.5. The number of rotatable bonds is 7. The predicted molar refractivity (Wildman–Crippen MR) is 128 cm³/mol. The second-order valence-corrected chi connectivity index (χ2v) is 9.21. The van der Waals surface area contributed by atoms with E-state index in [1.165, 1.54) is 0 Å². The number of benzene rings is 1. The van der Waals surface area contributed by atoms with Gasteiger partial charge in [-0.05, 0) is 48.2 Å². The highest BCUT2D eigenvalue weighted by Crippen LogP contribution is 2.32. The average Bonchev–Trinajstić information content (AvgIpc) is 3.57. The van der Waals surface area contributed by atoms with Gasteiger partial charge in [0.25, 0.3) is 0 Å². The second-order valence-electron chi connectivity index (χ2n) is 9.21. The number of aldehydes is 1. The lowest BCUT2D eigenvalue weighted by Gasteiger charge is -2.19. The summed E-state index contributed by atoms with van der Waals surface area (Å²) in [5.74, 6) is 2.61. The molecule has 1 aromatic carbocycles. The van der Waals surface area contributed by atoms with E-state index in [0.29, 0.717) is 24.3 Å². The van der Waals surface area contributed by atoms with E-state index >= 15 is 0 Å². The molecule has 5 heterocycles. The molecule has 0 radical (unpaired) electrons. The van der Waals surface area contributed by atoms with Crippen LogP contribution < -0.4 is 4.74 Å². The molecule has 2 aliphatic rings. The van der Waals surface area contributed by atoms with Crippen LogP contribution in [0, 0.1) is 11.8 Å². The van der Waals surface area contributed by atoms with Gasteiger partial charge in [0.1, 0.15) is 12.0 Å². The standard InChI is InChI=1S/C26H26N6O2/c33-10-9-31-13-20-15-32(16-21(20)14-31)17-22-3-1-18-11-23(4-5-24(18)29-22)34-26-6-2-19(12-27-26)25-7-8-28-30-25/h1-8,10-12,20-21H,9,13-17H2,(H,28,30). The van der Waals surface area contributed by atoms with Crippen LogP contribution in [0.2, 0.25) is 0 Å². The van der Waals surface area contributed by atoms with E-state index < -0.39 is 0 Å². The van der Waals surface area contributed by atoms with Crippen molar-refractivity contribution in [3.8, 4) is 22.9 Å². The van der Waals surface area contributed by atoms with Crippen molar-refractivity contribution in [3.63, 3.8) is 0 Å². The van der Waals surface area contributed by atoms with Gasteiger partial charge < -0.3 is 9.53 Å². The number of ether oxygens (including phenoxy) is 1. The van der Waals surface area contributed by atoms with Crippen LogP contribution in [0.15, 0.2) is 60.9 Å². The summed E-state index contributed by atoms with van der Waals surface area (Å²) in [6.07, 6.45) is 4.50. The first-order chi connectivity index (χ1) is 16.7. The topological polar surface area (TPSA) is 87.2 Å². The highest BCUT2D eigenvalue weighted by molar-refractivity contribution is 5.80. The molecule has 2 fully saturated rings. The molecular formula is C26H26N6O2. The number of carbonyl (C=O) groups is 1. The zero-order chi connectivity index (χ0) is 22.9. The first-order valence-corrected chi connectivity index (χ1v) is 11.7. The van der Waals surface area contributed by atoms with Crippen molar-refractivity contribution >= 4 is 17.2 Å². The molecule has 8 heteroatoms. The van der Waals surface area contributed by atoms with Crippen LogP contribution in [0.4, 0.5) is 0 Å². The first kappa shape index (κ1) is 20.9. The summed E-state index contributed by atoms with van der Waals surface area (Å²) in [5.41, 5.74) is 3.93. The number of aromatic nitrogens is 4. The minimum Gasteiger partial charge on any atom is -0.439 e. The maximum atomic E-state index is 10.8.